The Labute approximate surface area is 203 Å². The van der Waals surface area contributed by atoms with Crippen molar-refractivity contribution in [2.24, 2.45) is 17.2 Å². The van der Waals surface area contributed by atoms with Crippen molar-refractivity contribution >= 4 is 41.5 Å². The van der Waals surface area contributed by atoms with Gasteiger partial charge in [-0.15, -0.1) is 0 Å². The minimum absolute atomic E-state index is 0.111. The molecule has 0 fully saturated rings. The molecule has 1 rings (SSSR count). The van der Waals surface area contributed by atoms with Crippen molar-refractivity contribution in [2.45, 2.75) is 56.3 Å². The van der Waals surface area contributed by atoms with Crippen LogP contribution in [0.15, 0.2) is 12.5 Å². The predicted molar refractivity (Wildman–Crippen MR) is 118 cm³/mol. The van der Waals surface area contributed by atoms with Gasteiger partial charge in [0.2, 0.25) is 29.5 Å². The van der Waals surface area contributed by atoms with Crippen molar-refractivity contribution in [3.8, 4) is 0 Å². The minimum Gasteiger partial charge on any atom is -0.481 e. The Kier molecular flexibility index (Phi) is 11.5. The number of nitrogens with one attached hydrogen (secondary N) is 4. The van der Waals surface area contributed by atoms with E-state index in [1.54, 1.807) is 0 Å². The molecule has 0 radical (unpaired) electrons. The first-order chi connectivity index (χ1) is 16.8. The van der Waals surface area contributed by atoms with Gasteiger partial charge >= 0.3 is 11.9 Å². The number of hydrogen-bond acceptors (Lipinski definition) is 9. The van der Waals surface area contributed by atoms with Crippen LogP contribution < -0.4 is 33.2 Å². The van der Waals surface area contributed by atoms with E-state index >= 15 is 0 Å². The summed E-state index contributed by atoms with van der Waals surface area (Å²) in [5.41, 5.74) is 16.1. The van der Waals surface area contributed by atoms with E-state index in [0.717, 1.165) is 0 Å². The average molecular weight is 512 g/mol. The Morgan fingerprint density at radius 1 is 0.861 bits per heavy atom. The molecule has 0 bridgehead atoms. The number of carboxylic acids is 2. The van der Waals surface area contributed by atoms with Gasteiger partial charge in [0, 0.05) is 24.7 Å². The quantitative estimate of drug-likeness (QED) is 0.101. The predicted octanol–water partition coefficient (Wildman–Crippen LogP) is -4.57. The summed E-state index contributed by atoms with van der Waals surface area (Å²) in [5, 5.41) is 24.7. The van der Waals surface area contributed by atoms with E-state index in [2.05, 4.69) is 20.6 Å². The number of nitrogens with two attached hydrogens (primary N) is 3. The average Bonchev–Trinajstić information content (AvgIpc) is 3.28. The monoisotopic (exact) mass is 512 g/mol. The number of H-pyrrole nitrogens is 1. The lowest BCUT2D eigenvalue weighted by atomic mass is 10.1. The number of carbonyl (C=O) groups excluding carboxylic acids is 5. The highest BCUT2D eigenvalue weighted by Gasteiger charge is 2.32. The van der Waals surface area contributed by atoms with Gasteiger partial charge in [-0.1, -0.05) is 0 Å². The molecule has 0 aliphatic carbocycles. The fraction of sp³-hybridized carbons (Fsp3) is 0.474. The van der Waals surface area contributed by atoms with Gasteiger partial charge < -0.3 is 48.3 Å². The van der Waals surface area contributed by atoms with Crippen LogP contribution in [0.3, 0.4) is 0 Å². The standard InChI is InChI=1S/C19H28N8O9/c20-9(1-2-13(21)28)16(32)25-10(3-8-6-23-7-24-8)17(33)26-11(5-15(30)31)18(34)27-12(19(35)36)4-14(22)29/h6-7,9-12H,1-5,20H2,(H2,21,28)(H2,22,29)(H,23,24)(H,25,32)(H,26,33)(H,27,34)(H,30,31)(H,35,36). The Balaban J connectivity index is 3.06. The molecule has 0 saturated heterocycles. The maximum Gasteiger partial charge on any atom is 0.326 e. The topological polar surface area (TPSA) is 303 Å². The normalized spacial score (nSPS) is 13.9. The molecule has 198 valence electrons. The van der Waals surface area contributed by atoms with Crippen molar-refractivity contribution in [3.63, 3.8) is 0 Å². The number of aromatic amines is 1. The maximum atomic E-state index is 12.9. The van der Waals surface area contributed by atoms with E-state index in [0.29, 0.717) is 5.69 Å². The van der Waals surface area contributed by atoms with Crippen LogP contribution in [0.4, 0.5) is 0 Å². The summed E-state index contributed by atoms with van der Waals surface area (Å²) in [4.78, 5) is 89.0. The molecule has 36 heavy (non-hydrogen) atoms. The van der Waals surface area contributed by atoms with Gasteiger partial charge in [-0.05, 0) is 6.42 Å². The first-order valence-corrected chi connectivity index (χ1v) is 10.4. The first-order valence-electron chi connectivity index (χ1n) is 10.4. The number of imidazole rings is 1. The number of amides is 5. The SMILES string of the molecule is NC(=O)CCC(N)C(=O)NC(Cc1cnc[nH]1)C(=O)NC(CC(=O)O)C(=O)NC(CC(N)=O)C(=O)O. The van der Waals surface area contributed by atoms with Crippen LogP contribution >= 0.6 is 0 Å². The number of hydrogen-bond donors (Lipinski definition) is 9. The second-order valence-electron chi connectivity index (χ2n) is 7.68. The molecule has 17 heteroatoms. The van der Waals surface area contributed by atoms with Gasteiger partial charge in [-0.25, -0.2) is 9.78 Å². The molecular formula is C19H28N8O9. The Morgan fingerprint density at radius 3 is 1.94 bits per heavy atom. The van der Waals surface area contributed by atoms with E-state index in [-0.39, 0.29) is 19.3 Å². The molecule has 12 N–H and O–H groups in total. The number of rotatable bonds is 16. The summed E-state index contributed by atoms with van der Waals surface area (Å²) in [6, 6.07) is -6.15. The second kappa shape index (κ2) is 14.0. The summed E-state index contributed by atoms with van der Waals surface area (Å²) in [6.45, 7) is 0. The zero-order valence-electron chi connectivity index (χ0n) is 18.9. The molecule has 1 heterocycles. The number of nitrogens with zero attached hydrogens (tertiary/aromatic N) is 1. The second-order valence-corrected chi connectivity index (χ2v) is 7.68. The molecule has 0 aliphatic heterocycles. The molecule has 5 amide bonds. The van der Waals surface area contributed by atoms with Crippen molar-refractivity contribution in [3.05, 3.63) is 18.2 Å². The summed E-state index contributed by atoms with van der Waals surface area (Å²) in [6.07, 6.45) is 0.433. The van der Waals surface area contributed by atoms with Crippen LogP contribution in [0.25, 0.3) is 0 Å². The van der Waals surface area contributed by atoms with E-state index in [9.17, 15) is 33.6 Å². The summed E-state index contributed by atoms with van der Waals surface area (Å²) < 4.78 is 0. The fourth-order valence-corrected chi connectivity index (χ4v) is 2.86. The van der Waals surface area contributed by atoms with E-state index in [1.165, 1.54) is 12.5 Å². The van der Waals surface area contributed by atoms with Crippen molar-refractivity contribution < 1.29 is 43.8 Å². The lowest BCUT2D eigenvalue weighted by Crippen LogP contribution is -2.58. The van der Waals surface area contributed by atoms with E-state index in [4.69, 9.17) is 27.4 Å². The zero-order valence-corrected chi connectivity index (χ0v) is 18.9. The van der Waals surface area contributed by atoms with Gasteiger partial charge in [-0.3, -0.25) is 28.8 Å². The smallest absolute Gasteiger partial charge is 0.326 e. The zero-order chi connectivity index (χ0) is 27.4. The summed E-state index contributed by atoms with van der Waals surface area (Å²) in [5.74, 6) is -7.92. The summed E-state index contributed by atoms with van der Waals surface area (Å²) >= 11 is 0. The van der Waals surface area contributed by atoms with Gasteiger partial charge in [0.15, 0.2) is 0 Å². The highest BCUT2D eigenvalue weighted by atomic mass is 16.4. The third-order valence-corrected chi connectivity index (χ3v) is 4.68. The van der Waals surface area contributed by atoms with Crippen molar-refractivity contribution in [2.75, 3.05) is 0 Å². The molecule has 1 aromatic rings. The van der Waals surface area contributed by atoms with Gasteiger partial charge in [0.25, 0.3) is 0 Å². The minimum atomic E-state index is -1.78. The Hall–Kier alpha value is -4.54. The third kappa shape index (κ3) is 10.6. The lowest BCUT2D eigenvalue weighted by molar-refractivity contribution is -0.144. The van der Waals surface area contributed by atoms with Crippen LogP contribution in [0.5, 0.6) is 0 Å². The van der Waals surface area contributed by atoms with Gasteiger partial charge in [0.05, 0.1) is 25.2 Å². The number of carbonyl (C=O) groups is 7. The fourth-order valence-electron chi connectivity index (χ4n) is 2.86. The third-order valence-electron chi connectivity index (χ3n) is 4.68. The van der Waals surface area contributed by atoms with Crippen LogP contribution in [-0.4, -0.2) is 85.8 Å². The van der Waals surface area contributed by atoms with Crippen LogP contribution in [0.1, 0.15) is 31.4 Å². The number of carboxylic acid groups (broad SMARTS) is 2. The molecule has 0 saturated carbocycles. The van der Waals surface area contributed by atoms with Crippen LogP contribution in [-0.2, 0) is 40.0 Å². The van der Waals surface area contributed by atoms with E-state index in [1.807, 2.05) is 5.32 Å². The van der Waals surface area contributed by atoms with Crippen molar-refractivity contribution in [1.29, 1.82) is 0 Å². The molecule has 0 spiro atoms. The summed E-state index contributed by atoms with van der Waals surface area (Å²) in [7, 11) is 0. The molecule has 17 nitrogen and oxygen atoms in total. The van der Waals surface area contributed by atoms with Crippen molar-refractivity contribution in [1.82, 2.24) is 25.9 Å². The van der Waals surface area contributed by atoms with Crippen LogP contribution in [0.2, 0.25) is 0 Å². The molecule has 0 aromatic carbocycles. The molecule has 1 aromatic heterocycles. The number of aliphatic carboxylic acids is 2. The van der Waals surface area contributed by atoms with Gasteiger partial charge in [-0.2, -0.15) is 0 Å². The van der Waals surface area contributed by atoms with Crippen LogP contribution in [0, 0.1) is 0 Å². The molecular weight excluding hydrogens is 484 g/mol. The molecule has 4 atom stereocenters. The highest BCUT2D eigenvalue weighted by molar-refractivity contribution is 5.96. The Bertz CT molecular complexity index is 982. The lowest BCUT2D eigenvalue weighted by Gasteiger charge is -2.24. The highest BCUT2D eigenvalue weighted by Crippen LogP contribution is 2.04. The largest absolute Gasteiger partial charge is 0.481 e. The number of primary amides is 2. The van der Waals surface area contributed by atoms with Gasteiger partial charge in [0.1, 0.15) is 18.1 Å². The maximum absolute atomic E-state index is 12.9. The molecule has 0 aliphatic rings. The van der Waals surface area contributed by atoms with E-state index < -0.39 is 78.5 Å². The molecule has 4 unspecified atom stereocenters. The number of aromatic nitrogens is 2. The first kappa shape index (κ1) is 29.5. The Morgan fingerprint density at radius 2 is 1.44 bits per heavy atom.